The highest BCUT2D eigenvalue weighted by atomic mass is 35.5. The summed E-state index contributed by atoms with van der Waals surface area (Å²) >= 11 is 6.33. The molecule has 0 aromatic heterocycles. The first-order chi connectivity index (χ1) is 14.4. The van der Waals surface area contributed by atoms with Crippen molar-refractivity contribution in [3.05, 3.63) is 95.0 Å². The molecule has 152 valence electrons. The molecule has 0 aliphatic rings. The van der Waals surface area contributed by atoms with Crippen molar-refractivity contribution in [3.63, 3.8) is 0 Å². The third kappa shape index (κ3) is 4.82. The summed E-state index contributed by atoms with van der Waals surface area (Å²) in [5.74, 6) is 1.87. The number of nitrogens with zero attached hydrogens (tertiary/aromatic N) is 1. The molecule has 3 aromatic rings. The minimum absolute atomic E-state index is 0.0216. The van der Waals surface area contributed by atoms with Crippen LogP contribution in [0, 0.1) is 12.3 Å². The Kier molecular flexibility index (Phi) is 6.78. The minimum Gasteiger partial charge on any atom is -0.341 e. The summed E-state index contributed by atoms with van der Waals surface area (Å²) in [5.41, 5.74) is 1.35. The Balaban J connectivity index is 2.05. The van der Waals surface area contributed by atoms with E-state index in [0.717, 1.165) is 5.56 Å². The van der Waals surface area contributed by atoms with Crippen LogP contribution in [0.4, 0.5) is 5.69 Å². The maximum Gasteiger partial charge on any atom is 0.264 e. The van der Waals surface area contributed by atoms with Crippen LogP contribution in [0.5, 0.6) is 0 Å². The molecule has 0 spiro atoms. The number of benzene rings is 3. The van der Waals surface area contributed by atoms with E-state index in [4.69, 9.17) is 18.0 Å². The van der Waals surface area contributed by atoms with Crippen LogP contribution < -0.4 is 9.62 Å². The number of carbonyl (C=O) groups excluding carboxylic acids is 1. The van der Waals surface area contributed by atoms with Gasteiger partial charge in [0.2, 0.25) is 0 Å². The van der Waals surface area contributed by atoms with Crippen molar-refractivity contribution < 1.29 is 13.2 Å². The van der Waals surface area contributed by atoms with Crippen LogP contribution in [0.25, 0.3) is 0 Å². The van der Waals surface area contributed by atoms with Gasteiger partial charge < -0.3 is 5.32 Å². The average molecular weight is 439 g/mol. The van der Waals surface area contributed by atoms with Crippen LogP contribution in [-0.2, 0) is 16.6 Å². The normalized spacial score (nSPS) is 10.8. The molecule has 1 N–H and O–H groups in total. The maximum atomic E-state index is 13.6. The van der Waals surface area contributed by atoms with Gasteiger partial charge in [0.05, 0.1) is 28.7 Å². The van der Waals surface area contributed by atoms with Gasteiger partial charge in [-0.05, 0) is 35.9 Å². The molecule has 3 rings (SSSR count). The molecule has 0 aliphatic heterocycles. The number of halogens is 1. The molecule has 0 saturated carbocycles. The van der Waals surface area contributed by atoms with Gasteiger partial charge in [-0.1, -0.05) is 66.1 Å². The van der Waals surface area contributed by atoms with Crippen LogP contribution in [-0.4, -0.2) is 20.9 Å². The Morgan fingerprint density at radius 2 is 1.70 bits per heavy atom. The van der Waals surface area contributed by atoms with Crippen molar-refractivity contribution >= 4 is 33.2 Å². The van der Waals surface area contributed by atoms with Gasteiger partial charge in [-0.25, -0.2) is 8.42 Å². The lowest BCUT2D eigenvalue weighted by molar-refractivity contribution is 0.0958. The highest BCUT2D eigenvalue weighted by molar-refractivity contribution is 7.92. The largest absolute Gasteiger partial charge is 0.341 e. The molecule has 0 radical (unpaired) electrons. The molecule has 0 aliphatic carbocycles. The Hall–Kier alpha value is -3.27. The summed E-state index contributed by atoms with van der Waals surface area (Å²) in [4.78, 5) is 12.2. The van der Waals surface area contributed by atoms with Gasteiger partial charge >= 0.3 is 0 Å². The highest BCUT2D eigenvalue weighted by Crippen LogP contribution is 2.32. The van der Waals surface area contributed by atoms with Crippen LogP contribution in [0.3, 0.4) is 0 Å². The van der Waals surface area contributed by atoms with Gasteiger partial charge in [-0.15, -0.1) is 6.42 Å². The number of rotatable bonds is 7. The molecule has 5 nitrogen and oxygen atoms in total. The molecule has 0 saturated heterocycles. The number of amides is 1. The Morgan fingerprint density at radius 1 is 1.00 bits per heavy atom. The van der Waals surface area contributed by atoms with Crippen molar-refractivity contribution in [2.75, 3.05) is 10.8 Å². The molecular formula is C23H19ClN2O3S. The third-order valence-electron chi connectivity index (χ3n) is 4.33. The van der Waals surface area contributed by atoms with Crippen molar-refractivity contribution in [1.82, 2.24) is 5.32 Å². The first-order valence-corrected chi connectivity index (χ1v) is 10.9. The van der Waals surface area contributed by atoms with Gasteiger partial charge in [-0.2, -0.15) is 0 Å². The minimum atomic E-state index is -4.02. The van der Waals surface area contributed by atoms with Gasteiger partial charge in [0.25, 0.3) is 15.9 Å². The molecule has 0 atom stereocenters. The molecule has 3 aromatic carbocycles. The average Bonchev–Trinajstić information content (AvgIpc) is 2.77. The molecule has 30 heavy (non-hydrogen) atoms. The van der Waals surface area contributed by atoms with E-state index in [1.807, 2.05) is 30.3 Å². The van der Waals surface area contributed by atoms with Crippen molar-refractivity contribution in [2.45, 2.75) is 11.4 Å². The van der Waals surface area contributed by atoms with Crippen LogP contribution >= 0.6 is 11.6 Å². The first-order valence-electron chi connectivity index (χ1n) is 9.06. The zero-order valence-electron chi connectivity index (χ0n) is 16.0. The number of para-hydroxylation sites is 1. The van der Waals surface area contributed by atoms with Crippen molar-refractivity contribution in [1.29, 1.82) is 0 Å². The maximum absolute atomic E-state index is 13.6. The number of nitrogens with one attached hydrogen (secondary N) is 1. The predicted octanol–water partition coefficient (Wildman–Crippen LogP) is 4.10. The second kappa shape index (κ2) is 9.49. The molecule has 1 amide bonds. The molecule has 0 heterocycles. The lowest BCUT2D eigenvalue weighted by Gasteiger charge is -2.25. The fourth-order valence-electron chi connectivity index (χ4n) is 2.86. The van der Waals surface area contributed by atoms with Crippen molar-refractivity contribution in [2.24, 2.45) is 0 Å². The van der Waals surface area contributed by atoms with Gasteiger partial charge in [0.1, 0.15) is 0 Å². The lowest BCUT2D eigenvalue weighted by Crippen LogP contribution is -2.31. The number of sulfonamides is 1. The second-order valence-corrected chi connectivity index (χ2v) is 8.63. The monoisotopic (exact) mass is 438 g/mol. The first kappa shape index (κ1) is 21.4. The Bertz CT molecular complexity index is 1190. The number of hydrogen-bond donors (Lipinski definition) is 1. The summed E-state index contributed by atoms with van der Waals surface area (Å²) in [7, 11) is -4.02. The fourth-order valence-corrected chi connectivity index (χ4v) is 4.67. The van der Waals surface area contributed by atoms with E-state index in [1.165, 1.54) is 28.6 Å². The van der Waals surface area contributed by atoms with E-state index in [0.29, 0.717) is 10.7 Å². The topological polar surface area (TPSA) is 66.5 Å². The number of terminal acetylenes is 1. The molecule has 0 bridgehead atoms. The van der Waals surface area contributed by atoms with E-state index >= 15 is 0 Å². The highest BCUT2D eigenvalue weighted by Gasteiger charge is 2.27. The SMILES string of the molecule is C#CCNC(=O)c1cccc(S(=O)(=O)N(Cc2ccccc2)c2ccccc2Cl)c1. The number of anilines is 1. The molecule has 0 fully saturated rings. The standard InChI is InChI=1S/C23H19ClN2O3S/c1-2-15-25-23(27)19-11-8-12-20(16-19)30(28,29)26(17-18-9-4-3-5-10-18)22-14-7-6-13-21(22)24/h1,3-14,16H,15,17H2,(H,25,27). The third-order valence-corrected chi connectivity index (χ3v) is 6.40. The predicted molar refractivity (Wildman–Crippen MR) is 119 cm³/mol. The second-order valence-electron chi connectivity index (χ2n) is 6.36. The van der Waals surface area contributed by atoms with Crippen molar-refractivity contribution in [3.8, 4) is 12.3 Å². The molecule has 7 heteroatoms. The van der Waals surface area contributed by atoms with E-state index < -0.39 is 15.9 Å². The van der Waals surface area contributed by atoms with Gasteiger partial charge in [0, 0.05) is 5.56 Å². The Labute approximate surface area is 181 Å². The van der Waals surface area contributed by atoms with E-state index in [-0.39, 0.29) is 23.5 Å². The lowest BCUT2D eigenvalue weighted by atomic mass is 10.2. The molecular weight excluding hydrogens is 420 g/mol. The Morgan fingerprint density at radius 3 is 2.40 bits per heavy atom. The van der Waals surface area contributed by atoms with Crippen LogP contribution in [0.1, 0.15) is 15.9 Å². The summed E-state index contributed by atoms with van der Waals surface area (Å²) in [6.07, 6.45) is 5.17. The zero-order valence-corrected chi connectivity index (χ0v) is 17.5. The van der Waals surface area contributed by atoms with E-state index in [2.05, 4.69) is 11.2 Å². The number of hydrogen-bond acceptors (Lipinski definition) is 3. The number of carbonyl (C=O) groups is 1. The fraction of sp³-hybridized carbons (Fsp3) is 0.0870. The zero-order chi connectivity index (χ0) is 21.6. The quantitative estimate of drug-likeness (QED) is 0.565. The van der Waals surface area contributed by atoms with Gasteiger partial charge in [0.15, 0.2) is 0 Å². The van der Waals surface area contributed by atoms with Crippen LogP contribution in [0.2, 0.25) is 5.02 Å². The van der Waals surface area contributed by atoms with E-state index in [1.54, 1.807) is 24.3 Å². The summed E-state index contributed by atoms with van der Waals surface area (Å²) < 4.78 is 28.4. The van der Waals surface area contributed by atoms with Gasteiger partial charge in [-0.3, -0.25) is 9.10 Å². The summed E-state index contributed by atoms with van der Waals surface area (Å²) in [6.45, 7) is 0.135. The smallest absolute Gasteiger partial charge is 0.264 e. The van der Waals surface area contributed by atoms with Crippen LogP contribution in [0.15, 0.2) is 83.8 Å². The summed E-state index contributed by atoms with van der Waals surface area (Å²) in [6, 6.07) is 21.8. The molecule has 0 unspecified atom stereocenters. The van der Waals surface area contributed by atoms with E-state index in [9.17, 15) is 13.2 Å². The summed E-state index contributed by atoms with van der Waals surface area (Å²) in [5, 5.41) is 2.84.